The van der Waals surface area contributed by atoms with E-state index in [0.29, 0.717) is 35.8 Å². The van der Waals surface area contributed by atoms with E-state index in [9.17, 15) is 9.90 Å². The van der Waals surface area contributed by atoms with Crippen LogP contribution in [0.25, 0.3) is 11.6 Å². The molecule has 2 aliphatic rings. The molecule has 0 saturated carbocycles. The maximum absolute atomic E-state index is 12.3. The highest BCUT2D eigenvalue weighted by Crippen LogP contribution is 2.40. The molecule has 5 nitrogen and oxygen atoms in total. The highest BCUT2D eigenvalue weighted by atomic mass is 16.6. The number of nitrogens with one attached hydrogen (secondary N) is 1. The van der Waals surface area contributed by atoms with Gasteiger partial charge in [-0.3, -0.25) is 4.79 Å². The lowest BCUT2D eigenvalue weighted by atomic mass is 10.0. The van der Waals surface area contributed by atoms with Crippen LogP contribution in [0.5, 0.6) is 11.5 Å². The molecule has 0 bridgehead atoms. The van der Waals surface area contributed by atoms with Crippen LogP contribution < -0.4 is 10.1 Å². The maximum Gasteiger partial charge on any atom is 0.256 e. The van der Waals surface area contributed by atoms with Gasteiger partial charge in [0.1, 0.15) is 24.2 Å². The summed E-state index contributed by atoms with van der Waals surface area (Å²) in [5, 5.41) is 12.8. The molecule has 2 aliphatic heterocycles. The minimum atomic E-state index is -0.207. The number of carbonyl (C=O) groups excluding carboxylic acids is 1. The fraction of sp³-hybridized carbons (Fsp3) is 0.167. The number of carbonyl (C=O) groups is 1. The molecule has 1 saturated heterocycles. The van der Waals surface area contributed by atoms with Crippen molar-refractivity contribution in [3.05, 3.63) is 53.6 Å². The SMILES string of the molecule is O=C1Nc2cccc(OCC3CO3)c2C1=Cc1ccccc1O. The number of rotatable bonds is 4. The van der Waals surface area contributed by atoms with Crippen molar-refractivity contribution in [2.24, 2.45) is 0 Å². The van der Waals surface area contributed by atoms with Gasteiger partial charge in [-0.25, -0.2) is 0 Å². The van der Waals surface area contributed by atoms with E-state index in [-0.39, 0.29) is 17.8 Å². The van der Waals surface area contributed by atoms with E-state index in [1.165, 1.54) is 0 Å². The lowest BCUT2D eigenvalue weighted by molar-refractivity contribution is -0.110. The average molecular weight is 309 g/mol. The molecular weight excluding hydrogens is 294 g/mol. The van der Waals surface area contributed by atoms with Crippen molar-refractivity contribution in [1.82, 2.24) is 0 Å². The van der Waals surface area contributed by atoms with Crippen LogP contribution in [0, 0.1) is 0 Å². The normalized spacial score (nSPS) is 20.3. The van der Waals surface area contributed by atoms with E-state index in [1.54, 1.807) is 24.3 Å². The first-order chi connectivity index (χ1) is 11.2. The van der Waals surface area contributed by atoms with Crippen molar-refractivity contribution in [2.75, 3.05) is 18.5 Å². The van der Waals surface area contributed by atoms with Gasteiger partial charge in [-0.1, -0.05) is 24.3 Å². The van der Waals surface area contributed by atoms with Gasteiger partial charge in [0, 0.05) is 5.56 Å². The van der Waals surface area contributed by atoms with Crippen molar-refractivity contribution in [2.45, 2.75) is 6.10 Å². The molecule has 0 radical (unpaired) electrons. The molecule has 116 valence electrons. The Morgan fingerprint density at radius 3 is 2.87 bits per heavy atom. The average Bonchev–Trinajstić information content (AvgIpc) is 3.32. The third-order valence-electron chi connectivity index (χ3n) is 3.85. The Bertz CT molecular complexity index is 808. The summed E-state index contributed by atoms with van der Waals surface area (Å²) in [6.07, 6.45) is 1.82. The van der Waals surface area contributed by atoms with E-state index < -0.39 is 0 Å². The number of ether oxygens (including phenoxy) is 2. The number of epoxide rings is 1. The molecule has 1 fully saturated rings. The minimum absolute atomic E-state index is 0.131. The quantitative estimate of drug-likeness (QED) is 0.673. The number of phenolic OH excluding ortho intramolecular Hbond substituents is 1. The minimum Gasteiger partial charge on any atom is -0.507 e. The van der Waals surface area contributed by atoms with Gasteiger partial charge in [0.15, 0.2) is 0 Å². The summed E-state index contributed by atoms with van der Waals surface area (Å²) in [5.74, 6) is 0.561. The second-order valence-corrected chi connectivity index (χ2v) is 5.52. The molecule has 0 aromatic heterocycles. The number of hydrogen-bond donors (Lipinski definition) is 2. The summed E-state index contributed by atoms with van der Waals surface area (Å²) in [4.78, 5) is 12.3. The molecule has 0 aliphatic carbocycles. The van der Waals surface area contributed by atoms with Gasteiger partial charge in [-0.2, -0.15) is 0 Å². The predicted molar refractivity (Wildman–Crippen MR) is 86.3 cm³/mol. The standard InChI is InChI=1S/C18H15NO4/c20-15-6-2-1-4-11(15)8-13-17-14(19-18(13)21)5-3-7-16(17)23-10-12-9-22-12/h1-8,12,20H,9-10H2,(H,19,21). The second-order valence-electron chi connectivity index (χ2n) is 5.52. The van der Waals surface area contributed by atoms with Gasteiger partial charge >= 0.3 is 0 Å². The smallest absolute Gasteiger partial charge is 0.256 e. The van der Waals surface area contributed by atoms with Gasteiger partial charge in [-0.15, -0.1) is 0 Å². The van der Waals surface area contributed by atoms with Crippen LogP contribution in [-0.4, -0.2) is 30.3 Å². The van der Waals surface area contributed by atoms with E-state index in [0.717, 1.165) is 5.56 Å². The highest BCUT2D eigenvalue weighted by molar-refractivity contribution is 6.35. The zero-order valence-corrected chi connectivity index (χ0v) is 12.3. The van der Waals surface area contributed by atoms with Crippen molar-refractivity contribution in [1.29, 1.82) is 0 Å². The molecule has 2 aromatic rings. The van der Waals surface area contributed by atoms with Crippen molar-refractivity contribution < 1.29 is 19.4 Å². The number of anilines is 1. The fourth-order valence-corrected chi connectivity index (χ4v) is 2.59. The van der Waals surface area contributed by atoms with Gasteiger partial charge in [0.2, 0.25) is 0 Å². The lowest BCUT2D eigenvalue weighted by Gasteiger charge is -2.09. The van der Waals surface area contributed by atoms with Gasteiger partial charge < -0.3 is 19.9 Å². The van der Waals surface area contributed by atoms with Crippen molar-refractivity contribution >= 4 is 23.2 Å². The summed E-state index contributed by atoms with van der Waals surface area (Å²) in [7, 11) is 0. The summed E-state index contributed by atoms with van der Waals surface area (Å²) in [5.41, 5.74) is 2.51. The second kappa shape index (κ2) is 5.44. The van der Waals surface area contributed by atoms with Crippen LogP contribution in [-0.2, 0) is 9.53 Å². The van der Waals surface area contributed by atoms with Crippen molar-refractivity contribution in [3.63, 3.8) is 0 Å². The Kier molecular flexibility index (Phi) is 3.28. The van der Waals surface area contributed by atoms with Crippen molar-refractivity contribution in [3.8, 4) is 11.5 Å². The summed E-state index contributed by atoms with van der Waals surface area (Å²) < 4.78 is 11.0. The number of para-hydroxylation sites is 1. The fourth-order valence-electron chi connectivity index (χ4n) is 2.59. The number of benzene rings is 2. The summed E-state index contributed by atoms with van der Waals surface area (Å²) >= 11 is 0. The number of amides is 1. The summed E-state index contributed by atoms with van der Waals surface area (Å²) in [6, 6.07) is 12.4. The predicted octanol–water partition coefficient (Wildman–Crippen LogP) is 2.66. The van der Waals surface area contributed by atoms with E-state index >= 15 is 0 Å². The molecule has 1 unspecified atom stereocenters. The number of hydrogen-bond acceptors (Lipinski definition) is 4. The summed E-state index contributed by atoms with van der Waals surface area (Å²) in [6.45, 7) is 1.18. The molecule has 2 heterocycles. The van der Waals surface area contributed by atoms with E-state index in [2.05, 4.69) is 5.32 Å². The zero-order valence-electron chi connectivity index (χ0n) is 12.3. The van der Waals surface area contributed by atoms with Gasteiger partial charge in [0.05, 0.1) is 23.4 Å². The molecular formula is C18H15NO4. The monoisotopic (exact) mass is 309 g/mol. The van der Waals surface area contributed by atoms with Crippen LogP contribution in [0.1, 0.15) is 11.1 Å². The third-order valence-corrected chi connectivity index (χ3v) is 3.85. The van der Waals surface area contributed by atoms with Gasteiger partial charge in [-0.05, 0) is 24.3 Å². The topological polar surface area (TPSA) is 71.1 Å². The van der Waals surface area contributed by atoms with E-state index in [1.807, 2.05) is 24.3 Å². The van der Waals surface area contributed by atoms with Crippen LogP contribution in [0.2, 0.25) is 0 Å². The number of aromatic hydroxyl groups is 1. The van der Waals surface area contributed by atoms with E-state index in [4.69, 9.17) is 9.47 Å². The zero-order chi connectivity index (χ0) is 15.8. The molecule has 2 aromatic carbocycles. The van der Waals surface area contributed by atoms with Crippen LogP contribution in [0.4, 0.5) is 5.69 Å². The first-order valence-corrected chi connectivity index (χ1v) is 7.41. The lowest BCUT2D eigenvalue weighted by Crippen LogP contribution is -2.05. The molecule has 0 spiro atoms. The first kappa shape index (κ1) is 13.8. The van der Waals surface area contributed by atoms with Crippen LogP contribution in [0.3, 0.4) is 0 Å². The Morgan fingerprint density at radius 2 is 2.09 bits per heavy atom. The Labute approximate surface area is 133 Å². The number of phenols is 1. The largest absolute Gasteiger partial charge is 0.507 e. The molecule has 5 heteroatoms. The highest BCUT2D eigenvalue weighted by Gasteiger charge is 2.29. The molecule has 23 heavy (non-hydrogen) atoms. The molecule has 1 amide bonds. The maximum atomic E-state index is 12.3. The first-order valence-electron chi connectivity index (χ1n) is 7.41. The molecule has 2 N–H and O–H groups in total. The van der Waals surface area contributed by atoms with Crippen LogP contribution >= 0.6 is 0 Å². The van der Waals surface area contributed by atoms with Gasteiger partial charge in [0.25, 0.3) is 5.91 Å². The Morgan fingerprint density at radius 1 is 1.26 bits per heavy atom. The Hall–Kier alpha value is -2.79. The third kappa shape index (κ3) is 2.66. The molecule has 4 rings (SSSR count). The Balaban J connectivity index is 1.75. The molecule has 1 atom stereocenters. The number of fused-ring (bicyclic) bond motifs is 1. The van der Waals surface area contributed by atoms with Crippen LogP contribution in [0.15, 0.2) is 42.5 Å².